The molecule has 0 saturated heterocycles. The maximum Gasteiger partial charge on any atom is 0.405 e. The summed E-state index contributed by atoms with van der Waals surface area (Å²) in [4.78, 5) is 23.8. The van der Waals surface area contributed by atoms with Gasteiger partial charge in [-0.2, -0.15) is 26.3 Å². The standard InChI is InChI=1S/C22H18BClF7N2O2/c1-23-16-8-12(2-5-14(16)20(35)32-10-19(34)33-11-21(26,27)28)3-6-15(22(29,30)31)13-4-7-18(25)17(24)9-13/h2-9,15H,10-11H2,1H3,(H,32,35)(H,33,34)/b6-3+. The third-order valence-electron chi connectivity index (χ3n) is 4.66. The first kappa shape index (κ1) is 28.2. The van der Waals surface area contributed by atoms with Gasteiger partial charge in [-0.05, 0) is 29.3 Å². The first-order valence-electron chi connectivity index (χ1n) is 9.96. The van der Waals surface area contributed by atoms with Crippen molar-refractivity contribution in [3.8, 4) is 0 Å². The average Bonchev–Trinajstić information content (AvgIpc) is 2.77. The minimum absolute atomic E-state index is 0.0611. The zero-order chi connectivity index (χ0) is 26.4. The van der Waals surface area contributed by atoms with Gasteiger partial charge in [0.25, 0.3) is 5.91 Å². The van der Waals surface area contributed by atoms with E-state index >= 15 is 0 Å². The summed E-state index contributed by atoms with van der Waals surface area (Å²) in [5.41, 5.74) is 0.418. The van der Waals surface area contributed by atoms with Crippen molar-refractivity contribution in [3.63, 3.8) is 0 Å². The Kier molecular flexibility index (Phi) is 9.36. The molecule has 0 aromatic heterocycles. The number of hydrogen-bond acceptors (Lipinski definition) is 2. The lowest BCUT2D eigenvalue weighted by Gasteiger charge is -2.18. The van der Waals surface area contributed by atoms with Crippen LogP contribution in [0.3, 0.4) is 0 Å². The van der Waals surface area contributed by atoms with Crippen molar-refractivity contribution in [2.45, 2.75) is 25.1 Å². The number of alkyl halides is 6. The Morgan fingerprint density at radius 2 is 1.74 bits per heavy atom. The summed E-state index contributed by atoms with van der Waals surface area (Å²) in [7, 11) is 1.50. The Labute approximate surface area is 201 Å². The molecule has 1 atom stereocenters. The zero-order valence-electron chi connectivity index (χ0n) is 18.0. The molecule has 2 aromatic rings. The van der Waals surface area contributed by atoms with Crippen molar-refractivity contribution in [1.29, 1.82) is 0 Å². The molecule has 0 aliphatic carbocycles. The van der Waals surface area contributed by atoms with E-state index < -0.39 is 54.0 Å². The van der Waals surface area contributed by atoms with E-state index in [4.69, 9.17) is 11.6 Å². The zero-order valence-corrected chi connectivity index (χ0v) is 18.8. The third kappa shape index (κ3) is 8.61. The van der Waals surface area contributed by atoms with E-state index in [1.54, 1.807) is 12.1 Å². The number of rotatable bonds is 8. The highest BCUT2D eigenvalue weighted by molar-refractivity contribution is 6.54. The number of carbonyl (C=O) groups is 2. The van der Waals surface area contributed by atoms with Gasteiger partial charge >= 0.3 is 12.4 Å². The van der Waals surface area contributed by atoms with E-state index in [1.807, 2.05) is 0 Å². The molecule has 2 N–H and O–H groups in total. The van der Waals surface area contributed by atoms with Crippen LogP contribution in [0.1, 0.15) is 27.4 Å². The lowest BCUT2D eigenvalue weighted by atomic mass is 9.70. The van der Waals surface area contributed by atoms with Crippen LogP contribution in [0.4, 0.5) is 30.7 Å². The molecule has 2 amide bonds. The van der Waals surface area contributed by atoms with Crippen molar-refractivity contribution >= 4 is 42.2 Å². The van der Waals surface area contributed by atoms with Crippen molar-refractivity contribution < 1.29 is 40.3 Å². The SMILES string of the molecule is C[B]c1cc(/C=C/C(c2ccc(F)c(Cl)c2)C(F)(F)F)ccc1C(=O)NCC(=O)NCC(F)(F)F. The third-order valence-corrected chi connectivity index (χ3v) is 4.95. The first-order valence-corrected chi connectivity index (χ1v) is 10.3. The predicted octanol–water partition coefficient (Wildman–Crippen LogP) is 4.62. The number of nitrogens with one attached hydrogen (secondary N) is 2. The molecule has 35 heavy (non-hydrogen) atoms. The van der Waals surface area contributed by atoms with Crippen LogP contribution in [0.15, 0.2) is 42.5 Å². The lowest BCUT2D eigenvalue weighted by molar-refractivity contribution is -0.139. The quantitative estimate of drug-likeness (QED) is 0.393. The Bertz CT molecular complexity index is 1100. The topological polar surface area (TPSA) is 58.2 Å². The first-order chi connectivity index (χ1) is 16.2. The number of allylic oxidation sites excluding steroid dienone is 1. The summed E-state index contributed by atoms with van der Waals surface area (Å²) in [6, 6.07) is 6.78. The summed E-state index contributed by atoms with van der Waals surface area (Å²) in [5.74, 6) is -4.73. The van der Waals surface area contributed by atoms with Gasteiger partial charge < -0.3 is 10.6 Å². The maximum atomic E-state index is 13.6. The molecule has 0 aliphatic heterocycles. The number of halogens is 8. The van der Waals surface area contributed by atoms with Gasteiger partial charge in [0, 0.05) is 5.56 Å². The summed E-state index contributed by atoms with van der Waals surface area (Å²) < 4.78 is 90.5. The molecule has 0 aliphatic rings. The summed E-state index contributed by atoms with van der Waals surface area (Å²) in [5, 5.41) is 3.34. The smallest absolute Gasteiger partial charge is 0.345 e. The summed E-state index contributed by atoms with van der Waals surface area (Å²) >= 11 is 5.61. The minimum atomic E-state index is -4.69. The predicted molar refractivity (Wildman–Crippen MR) is 118 cm³/mol. The van der Waals surface area contributed by atoms with Crippen LogP contribution in [0.25, 0.3) is 6.08 Å². The van der Waals surface area contributed by atoms with E-state index in [1.165, 1.54) is 31.6 Å². The second kappa shape index (κ2) is 11.6. The molecule has 13 heteroatoms. The van der Waals surface area contributed by atoms with Gasteiger partial charge in [0.2, 0.25) is 5.91 Å². The number of benzene rings is 2. The van der Waals surface area contributed by atoms with Crippen molar-refractivity contribution in [2.75, 3.05) is 13.1 Å². The molecule has 0 saturated carbocycles. The fourth-order valence-electron chi connectivity index (χ4n) is 2.97. The fraction of sp³-hybridized carbons (Fsp3) is 0.273. The van der Waals surface area contributed by atoms with Crippen LogP contribution in [-0.2, 0) is 4.79 Å². The van der Waals surface area contributed by atoms with Gasteiger partial charge in [-0.25, -0.2) is 4.39 Å². The van der Waals surface area contributed by atoms with Gasteiger partial charge in [0.1, 0.15) is 19.6 Å². The van der Waals surface area contributed by atoms with Crippen LogP contribution in [0.5, 0.6) is 0 Å². The second-order valence-corrected chi connectivity index (χ2v) is 7.67. The van der Waals surface area contributed by atoms with Gasteiger partial charge in [-0.15, -0.1) is 0 Å². The molecule has 0 fully saturated rings. The Morgan fingerprint density at radius 1 is 1.06 bits per heavy atom. The Morgan fingerprint density at radius 3 is 2.31 bits per heavy atom. The van der Waals surface area contributed by atoms with Crippen LogP contribution in [-0.4, -0.2) is 44.5 Å². The monoisotopic (exact) mass is 521 g/mol. The van der Waals surface area contributed by atoms with Crippen molar-refractivity contribution in [1.82, 2.24) is 10.6 Å². The molecule has 0 bridgehead atoms. The van der Waals surface area contributed by atoms with Gasteiger partial charge in [0.05, 0.1) is 17.5 Å². The molecule has 2 rings (SSSR count). The highest BCUT2D eigenvalue weighted by Gasteiger charge is 2.39. The molecule has 187 valence electrons. The summed E-state index contributed by atoms with van der Waals surface area (Å²) in [6.07, 6.45) is -7.25. The van der Waals surface area contributed by atoms with Crippen LogP contribution in [0, 0.1) is 5.82 Å². The second-order valence-electron chi connectivity index (χ2n) is 7.26. The molecule has 0 spiro atoms. The highest BCUT2D eigenvalue weighted by atomic mass is 35.5. The van der Waals surface area contributed by atoms with Crippen LogP contribution in [0.2, 0.25) is 11.8 Å². The van der Waals surface area contributed by atoms with Gasteiger partial charge in [-0.1, -0.05) is 54.2 Å². The molecule has 1 unspecified atom stereocenters. The minimum Gasteiger partial charge on any atom is -0.345 e. The van der Waals surface area contributed by atoms with E-state index in [-0.39, 0.29) is 11.1 Å². The number of amides is 2. The van der Waals surface area contributed by atoms with E-state index in [9.17, 15) is 40.3 Å². The normalized spacial score (nSPS) is 12.9. The van der Waals surface area contributed by atoms with Gasteiger partial charge in [-0.3, -0.25) is 9.59 Å². The van der Waals surface area contributed by atoms with Crippen molar-refractivity contribution in [2.24, 2.45) is 0 Å². The molecular weight excluding hydrogens is 504 g/mol. The van der Waals surface area contributed by atoms with E-state index in [2.05, 4.69) is 5.32 Å². The summed E-state index contributed by atoms with van der Waals surface area (Å²) in [6.45, 7) is -0.679. The molecule has 2 aromatic carbocycles. The van der Waals surface area contributed by atoms with Crippen LogP contribution < -0.4 is 16.1 Å². The van der Waals surface area contributed by atoms with E-state index in [0.29, 0.717) is 11.0 Å². The van der Waals surface area contributed by atoms with Gasteiger partial charge in [0.15, 0.2) is 0 Å². The molecule has 1 radical (unpaired) electrons. The molecule has 0 heterocycles. The lowest BCUT2D eigenvalue weighted by Crippen LogP contribution is -2.41. The Hall–Kier alpha value is -3.02. The highest BCUT2D eigenvalue weighted by Crippen LogP contribution is 2.37. The maximum absolute atomic E-state index is 13.6. The van der Waals surface area contributed by atoms with E-state index in [0.717, 1.165) is 24.3 Å². The molecule has 4 nitrogen and oxygen atoms in total. The largest absolute Gasteiger partial charge is 0.405 e. The molecular formula is C22H18BClF7N2O2. The van der Waals surface area contributed by atoms with Crippen LogP contribution >= 0.6 is 11.6 Å². The number of hydrogen-bond donors (Lipinski definition) is 2. The number of carbonyl (C=O) groups excluding carboxylic acids is 2. The average molecular weight is 522 g/mol. The fourth-order valence-corrected chi connectivity index (χ4v) is 3.16. The van der Waals surface area contributed by atoms with Crippen molar-refractivity contribution in [3.05, 3.63) is 70.0 Å². The Balaban J connectivity index is 2.17.